The molecule has 1 unspecified atom stereocenters. The summed E-state index contributed by atoms with van der Waals surface area (Å²) in [5.41, 5.74) is 2.66. The van der Waals surface area contributed by atoms with Gasteiger partial charge in [0.05, 0.1) is 12.0 Å². The Morgan fingerprint density at radius 2 is 2.24 bits per heavy atom. The van der Waals surface area contributed by atoms with Crippen LogP contribution in [-0.2, 0) is 16.4 Å². The summed E-state index contributed by atoms with van der Waals surface area (Å²) < 4.78 is 32.5. The quantitative estimate of drug-likeness (QED) is 0.524. The van der Waals surface area contributed by atoms with Gasteiger partial charge in [-0.05, 0) is 31.5 Å². The largest absolute Gasteiger partial charge is 0.469 e. The molecule has 0 aliphatic heterocycles. The van der Waals surface area contributed by atoms with Crippen LogP contribution < -0.4 is 16.0 Å². The molecule has 2 aromatic rings. The van der Waals surface area contributed by atoms with Crippen molar-refractivity contribution in [3.63, 3.8) is 0 Å². The third-order valence-electron chi connectivity index (χ3n) is 2.99. The van der Waals surface area contributed by atoms with Gasteiger partial charge in [-0.1, -0.05) is 0 Å². The molecule has 114 valence electrons. The first-order valence-corrected chi connectivity index (χ1v) is 7.96. The lowest BCUT2D eigenvalue weighted by Gasteiger charge is -2.15. The Balaban J connectivity index is 2.03. The normalized spacial score (nSPS) is 13.0. The first kappa shape index (κ1) is 15.5. The SMILES string of the molecule is CC(CCc1ccco1)NS(=O)(=O)c1cnccc1NN. The summed E-state index contributed by atoms with van der Waals surface area (Å²) in [7, 11) is -3.68. The van der Waals surface area contributed by atoms with Gasteiger partial charge >= 0.3 is 0 Å². The highest BCUT2D eigenvalue weighted by Crippen LogP contribution is 2.19. The highest BCUT2D eigenvalue weighted by Gasteiger charge is 2.21. The van der Waals surface area contributed by atoms with Crippen LogP contribution in [0.25, 0.3) is 0 Å². The third kappa shape index (κ3) is 4.03. The molecule has 8 heteroatoms. The number of nitrogens with zero attached hydrogens (tertiary/aromatic N) is 1. The Morgan fingerprint density at radius 1 is 1.43 bits per heavy atom. The van der Waals surface area contributed by atoms with Crippen LogP contribution in [0.15, 0.2) is 46.2 Å². The van der Waals surface area contributed by atoms with Crippen molar-refractivity contribution in [1.29, 1.82) is 0 Å². The van der Waals surface area contributed by atoms with Gasteiger partial charge in [-0.25, -0.2) is 13.1 Å². The molecular formula is C13H18N4O3S. The van der Waals surface area contributed by atoms with Gasteiger partial charge in [0, 0.05) is 24.9 Å². The van der Waals surface area contributed by atoms with E-state index >= 15 is 0 Å². The number of rotatable bonds is 7. The van der Waals surface area contributed by atoms with E-state index in [1.165, 1.54) is 18.5 Å². The highest BCUT2D eigenvalue weighted by atomic mass is 32.2. The third-order valence-corrected chi connectivity index (χ3v) is 4.61. The Labute approximate surface area is 123 Å². The number of furan rings is 1. The van der Waals surface area contributed by atoms with Gasteiger partial charge in [-0.3, -0.25) is 10.8 Å². The van der Waals surface area contributed by atoms with Crippen molar-refractivity contribution in [2.24, 2.45) is 5.84 Å². The molecule has 2 rings (SSSR count). The van der Waals surface area contributed by atoms with E-state index in [4.69, 9.17) is 10.3 Å². The minimum absolute atomic E-state index is 0.0253. The zero-order chi connectivity index (χ0) is 15.3. The number of hydrogen-bond donors (Lipinski definition) is 3. The number of hydrazine groups is 1. The Hall–Kier alpha value is -1.90. The fraction of sp³-hybridized carbons (Fsp3) is 0.308. The molecule has 0 amide bonds. The molecule has 0 fully saturated rings. The molecule has 0 aliphatic rings. The Bertz CT molecular complexity index is 670. The van der Waals surface area contributed by atoms with Crippen LogP contribution in [0.1, 0.15) is 19.1 Å². The van der Waals surface area contributed by atoms with E-state index in [1.54, 1.807) is 19.3 Å². The zero-order valence-electron chi connectivity index (χ0n) is 11.6. The molecule has 21 heavy (non-hydrogen) atoms. The maximum Gasteiger partial charge on any atom is 0.244 e. The van der Waals surface area contributed by atoms with Crippen molar-refractivity contribution >= 4 is 15.7 Å². The number of nitrogen functional groups attached to an aromatic ring is 1. The second-order valence-corrected chi connectivity index (χ2v) is 6.34. The molecule has 0 saturated carbocycles. The zero-order valence-corrected chi connectivity index (χ0v) is 12.4. The summed E-state index contributed by atoms with van der Waals surface area (Å²) in [6.07, 6.45) is 5.61. The topological polar surface area (TPSA) is 110 Å². The molecule has 0 aromatic carbocycles. The molecule has 2 heterocycles. The molecule has 1 atom stereocenters. The van der Waals surface area contributed by atoms with Crippen LogP contribution in [-0.4, -0.2) is 19.4 Å². The molecule has 0 spiro atoms. The second kappa shape index (κ2) is 6.70. The van der Waals surface area contributed by atoms with Gasteiger partial charge in [0.25, 0.3) is 0 Å². The van der Waals surface area contributed by atoms with E-state index < -0.39 is 10.0 Å². The maximum atomic E-state index is 12.3. The van der Waals surface area contributed by atoms with E-state index in [1.807, 2.05) is 6.07 Å². The predicted octanol–water partition coefficient (Wildman–Crippen LogP) is 1.26. The summed E-state index contributed by atoms with van der Waals surface area (Å²) in [5.74, 6) is 6.14. The van der Waals surface area contributed by atoms with Crippen LogP contribution in [0, 0.1) is 0 Å². The Kier molecular flexibility index (Phi) is 4.94. The van der Waals surface area contributed by atoms with Gasteiger partial charge in [0.1, 0.15) is 10.7 Å². The maximum absolute atomic E-state index is 12.3. The van der Waals surface area contributed by atoms with Gasteiger partial charge in [-0.2, -0.15) is 0 Å². The molecule has 4 N–H and O–H groups in total. The average molecular weight is 310 g/mol. The van der Waals surface area contributed by atoms with Gasteiger partial charge < -0.3 is 9.84 Å². The average Bonchev–Trinajstić information content (AvgIpc) is 2.98. The lowest BCUT2D eigenvalue weighted by Crippen LogP contribution is -2.33. The van der Waals surface area contributed by atoms with Gasteiger partial charge in [0.15, 0.2) is 0 Å². The number of anilines is 1. The number of aryl methyl sites for hydroxylation is 1. The van der Waals surface area contributed by atoms with Crippen molar-refractivity contribution in [2.45, 2.75) is 30.7 Å². The minimum atomic E-state index is -3.68. The lowest BCUT2D eigenvalue weighted by molar-refractivity contribution is 0.480. The molecule has 0 aliphatic carbocycles. The molecule has 2 aromatic heterocycles. The van der Waals surface area contributed by atoms with E-state index in [2.05, 4.69) is 15.1 Å². The summed E-state index contributed by atoms with van der Waals surface area (Å²) >= 11 is 0. The molecule has 7 nitrogen and oxygen atoms in total. The predicted molar refractivity (Wildman–Crippen MR) is 78.9 cm³/mol. The number of nitrogens with one attached hydrogen (secondary N) is 2. The second-order valence-electron chi connectivity index (χ2n) is 4.66. The summed E-state index contributed by atoms with van der Waals surface area (Å²) in [4.78, 5) is 3.85. The fourth-order valence-electron chi connectivity index (χ4n) is 1.91. The number of sulfonamides is 1. The number of nitrogens with two attached hydrogens (primary N) is 1. The van der Waals surface area contributed by atoms with Crippen molar-refractivity contribution in [3.8, 4) is 0 Å². The van der Waals surface area contributed by atoms with Crippen molar-refractivity contribution in [3.05, 3.63) is 42.6 Å². The smallest absolute Gasteiger partial charge is 0.244 e. The fourth-order valence-corrected chi connectivity index (χ4v) is 3.30. The first-order valence-electron chi connectivity index (χ1n) is 6.48. The van der Waals surface area contributed by atoms with Crippen LogP contribution in [0.3, 0.4) is 0 Å². The monoisotopic (exact) mass is 310 g/mol. The van der Waals surface area contributed by atoms with E-state index in [0.29, 0.717) is 18.5 Å². The Morgan fingerprint density at radius 3 is 2.90 bits per heavy atom. The van der Waals surface area contributed by atoms with E-state index in [-0.39, 0.29) is 10.9 Å². The van der Waals surface area contributed by atoms with Crippen molar-refractivity contribution in [2.75, 3.05) is 5.43 Å². The van der Waals surface area contributed by atoms with Gasteiger partial charge in [0.2, 0.25) is 10.0 Å². The summed E-state index contributed by atoms with van der Waals surface area (Å²) in [6.45, 7) is 1.80. The number of pyridine rings is 1. The van der Waals surface area contributed by atoms with Crippen LogP contribution >= 0.6 is 0 Å². The van der Waals surface area contributed by atoms with Crippen LogP contribution in [0.2, 0.25) is 0 Å². The summed E-state index contributed by atoms with van der Waals surface area (Å²) in [5, 5.41) is 0. The standard InChI is InChI=1S/C13H18N4O3S/c1-10(4-5-11-3-2-8-20-11)17-21(18,19)13-9-15-7-6-12(13)16-14/h2-3,6-10,17H,4-5,14H2,1H3,(H,15,16). The van der Waals surface area contributed by atoms with Gasteiger partial charge in [-0.15, -0.1) is 0 Å². The van der Waals surface area contributed by atoms with Crippen LogP contribution in [0.4, 0.5) is 5.69 Å². The van der Waals surface area contributed by atoms with E-state index in [9.17, 15) is 8.42 Å². The first-order chi connectivity index (χ1) is 10.0. The molecule has 0 radical (unpaired) electrons. The molecule has 0 saturated heterocycles. The number of aromatic nitrogens is 1. The molecular weight excluding hydrogens is 292 g/mol. The summed E-state index contributed by atoms with van der Waals surface area (Å²) in [6, 6.07) is 4.92. The van der Waals surface area contributed by atoms with E-state index in [0.717, 1.165) is 5.76 Å². The van der Waals surface area contributed by atoms with Crippen molar-refractivity contribution < 1.29 is 12.8 Å². The highest BCUT2D eigenvalue weighted by molar-refractivity contribution is 7.89. The van der Waals surface area contributed by atoms with Crippen LogP contribution in [0.5, 0.6) is 0 Å². The minimum Gasteiger partial charge on any atom is -0.469 e. The number of hydrogen-bond acceptors (Lipinski definition) is 6. The lowest BCUT2D eigenvalue weighted by atomic mass is 10.2. The van der Waals surface area contributed by atoms with Crippen molar-refractivity contribution in [1.82, 2.24) is 9.71 Å². The molecule has 0 bridgehead atoms.